The minimum absolute atomic E-state index is 0.0690. The monoisotopic (exact) mass is 291 g/mol. The molecule has 0 unspecified atom stereocenters. The van der Waals surface area contributed by atoms with Crippen molar-refractivity contribution in [2.75, 3.05) is 0 Å². The van der Waals surface area contributed by atoms with Crippen molar-refractivity contribution < 1.29 is 23.2 Å². The van der Waals surface area contributed by atoms with Crippen LogP contribution in [0, 0.1) is 5.92 Å². The Balaban J connectivity index is 1.94. The van der Waals surface area contributed by atoms with E-state index in [1.54, 1.807) is 32.0 Å². The maximum atomic E-state index is 12.1. The second kappa shape index (κ2) is 6.78. The lowest BCUT2D eigenvalue weighted by Crippen LogP contribution is -2.40. The molecular formula is C15H17NO5. The molecule has 0 aliphatic heterocycles. The van der Waals surface area contributed by atoms with Crippen molar-refractivity contribution >= 4 is 11.9 Å². The van der Waals surface area contributed by atoms with Crippen molar-refractivity contribution in [1.82, 2.24) is 5.32 Å². The predicted octanol–water partition coefficient (Wildman–Crippen LogP) is 2.37. The van der Waals surface area contributed by atoms with Gasteiger partial charge in [0.15, 0.2) is 6.10 Å². The molecule has 2 rings (SSSR count). The molecule has 21 heavy (non-hydrogen) atoms. The Kier molecular flexibility index (Phi) is 4.81. The molecule has 0 spiro atoms. The number of esters is 1. The van der Waals surface area contributed by atoms with Crippen LogP contribution in [0.15, 0.2) is 45.6 Å². The van der Waals surface area contributed by atoms with Crippen molar-refractivity contribution in [3.05, 3.63) is 48.3 Å². The first-order chi connectivity index (χ1) is 10.1. The second-order valence-electron chi connectivity index (χ2n) is 4.84. The molecular weight excluding hydrogens is 274 g/mol. The molecule has 1 amide bonds. The first-order valence-corrected chi connectivity index (χ1v) is 6.62. The summed E-state index contributed by atoms with van der Waals surface area (Å²) in [7, 11) is 0. The van der Waals surface area contributed by atoms with Crippen molar-refractivity contribution in [3.63, 3.8) is 0 Å². The van der Waals surface area contributed by atoms with Gasteiger partial charge in [0, 0.05) is 0 Å². The lowest BCUT2D eigenvalue weighted by molar-refractivity contribution is -0.132. The van der Waals surface area contributed by atoms with Crippen LogP contribution in [0.5, 0.6) is 0 Å². The lowest BCUT2D eigenvalue weighted by Gasteiger charge is -2.19. The summed E-state index contributed by atoms with van der Waals surface area (Å²) >= 11 is 0. The van der Waals surface area contributed by atoms with Gasteiger partial charge in [0.25, 0.3) is 5.91 Å². The Morgan fingerprint density at radius 2 is 1.90 bits per heavy atom. The number of hydrogen-bond donors (Lipinski definition) is 1. The second-order valence-corrected chi connectivity index (χ2v) is 4.84. The van der Waals surface area contributed by atoms with Crippen LogP contribution in [-0.2, 0) is 16.1 Å². The molecule has 0 saturated heterocycles. The fourth-order valence-electron chi connectivity index (χ4n) is 1.75. The summed E-state index contributed by atoms with van der Waals surface area (Å²) in [5.41, 5.74) is 0. The minimum Gasteiger partial charge on any atom is -0.467 e. The predicted molar refractivity (Wildman–Crippen MR) is 73.3 cm³/mol. The summed E-state index contributed by atoms with van der Waals surface area (Å²) in [4.78, 5) is 24.0. The normalized spacial score (nSPS) is 12.1. The summed E-state index contributed by atoms with van der Waals surface area (Å²) in [6.45, 7) is 3.84. The van der Waals surface area contributed by atoms with Gasteiger partial charge in [0.1, 0.15) is 5.76 Å². The van der Waals surface area contributed by atoms with Gasteiger partial charge < -0.3 is 18.9 Å². The van der Waals surface area contributed by atoms with E-state index in [2.05, 4.69) is 5.32 Å². The number of hydrogen-bond acceptors (Lipinski definition) is 5. The molecule has 2 aromatic heterocycles. The highest BCUT2D eigenvalue weighted by molar-refractivity contribution is 5.90. The molecule has 2 heterocycles. The van der Waals surface area contributed by atoms with E-state index in [9.17, 15) is 9.59 Å². The first-order valence-electron chi connectivity index (χ1n) is 6.62. The average molecular weight is 291 g/mol. The van der Waals surface area contributed by atoms with E-state index in [0.717, 1.165) is 0 Å². The molecule has 0 aromatic carbocycles. The number of ether oxygens (including phenoxy) is 1. The molecule has 2 aromatic rings. The zero-order valence-electron chi connectivity index (χ0n) is 11.9. The van der Waals surface area contributed by atoms with Crippen molar-refractivity contribution in [1.29, 1.82) is 0 Å². The van der Waals surface area contributed by atoms with Gasteiger partial charge in [-0.1, -0.05) is 13.8 Å². The van der Waals surface area contributed by atoms with Gasteiger partial charge in [-0.25, -0.2) is 4.79 Å². The molecule has 6 heteroatoms. The third-order valence-corrected chi connectivity index (χ3v) is 2.84. The molecule has 0 saturated carbocycles. The van der Waals surface area contributed by atoms with Gasteiger partial charge in [0.05, 0.1) is 19.1 Å². The first kappa shape index (κ1) is 14.9. The SMILES string of the molecule is CC(C)[C@@H](OC(=O)c1ccco1)C(=O)NCc1ccco1. The van der Waals surface area contributed by atoms with Crippen LogP contribution in [0.25, 0.3) is 0 Å². The summed E-state index contributed by atoms with van der Waals surface area (Å²) in [6, 6.07) is 6.55. The van der Waals surface area contributed by atoms with Crippen molar-refractivity contribution in [2.24, 2.45) is 5.92 Å². The largest absolute Gasteiger partial charge is 0.467 e. The zero-order chi connectivity index (χ0) is 15.2. The Bertz CT molecular complexity index is 571. The highest BCUT2D eigenvalue weighted by Gasteiger charge is 2.27. The van der Waals surface area contributed by atoms with Crippen LogP contribution in [0.1, 0.15) is 30.2 Å². The lowest BCUT2D eigenvalue weighted by atomic mass is 10.1. The molecule has 0 fully saturated rings. The average Bonchev–Trinajstić information content (AvgIpc) is 3.13. The maximum absolute atomic E-state index is 12.1. The third kappa shape index (κ3) is 3.98. The molecule has 112 valence electrons. The molecule has 0 radical (unpaired) electrons. The Hall–Kier alpha value is -2.50. The van der Waals surface area contributed by atoms with Crippen LogP contribution in [0.4, 0.5) is 0 Å². The van der Waals surface area contributed by atoms with Crippen LogP contribution in [0.3, 0.4) is 0 Å². The van der Waals surface area contributed by atoms with E-state index in [4.69, 9.17) is 13.6 Å². The van der Waals surface area contributed by atoms with E-state index in [0.29, 0.717) is 5.76 Å². The fraction of sp³-hybridized carbons (Fsp3) is 0.333. The number of furan rings is 2. The van der Waals surface area contributed by atoms with E-state index >= 15 is 0 Å². The number of rotatable bonds is 6. The number of nitrogens with one attached hydrogen (secondary N) is 1. The molecule has 1 N–H and O–H groups in total. The van der Waals surface area contributed by atoms with E-state index in [1.807, 2.05) is 0 Å². The van der Waals surface area contributed by atoms with Crippen LogP contribution < -0.4 is 5.32 Å². The maximum Gasteiger partial charge on any atom is 0.375 e. The fourth-order valence-corrected chi connectivity index (χ4v) is 1.75. The molecule has 0 aliphatic carbocycles. The quantitative estimate of drug-likeness (QED) is 0.826. The minimum atomic E-state index is -0.891. The van der Waals surface area contributed by atoms with E-state index in [-0.39, 0.29) is 24.1 Å². The highest BCUT2D eigenvalue weighted by atomic mass is 16.6. The van der Waals surface area contributed by atoms with Crippen LogP contribution in [0.2, 0.25) is 0 Å². The summed E-state index contributed by atoms with van der Waals surface area (Å²) in [6.07, 6.45) is 2.01. The summed E-state index contributed by atoms with van der Waals surface area (Å²) < 4.78 is 15.3. The number of carbonyl (C=O) groups is 2. The van der Waals surface area contributed by atoms with E-state index < -0.39 is 12.1 Å². The van der Waals surface area contributed by atoms with Gasteiger partial charge in [-0.05, 0) is 30.2 Å². The van der Waals surface area contributed by atoms with Crippen molar-refractivity contribution in [2.45, 2.75) is 26.5 Å². The standard InChI is InChI=1S/C15H17NO5/c1-10(2)13(21-15(18)12-6-4-8-20-12)14(17)16-9-11-5-3-7-19-11/h3-8,10,13H,9H2,1-2H3,(H,16,17)/t13-/m1/s1. The van der Waals surface area contributed by atoms with Gasteiger partial charge >= 0.3 is 5.97 Å². The molecule has 0 aliphatic rings. The van der Waals surface area contributed by atoms with Gasteiger partial charge in [-0.3, -0.25) is 4.79 Å². The van der Waals surface area contributed by atoms with Crippen molar-refractivity contribution in [3.8, 4) is 0 Å². The van der Waals surface area contributed by atoms with Gasteiger partial charge in [-0.2, -0.15) is 0 Å². The Morgan fingerprint density at radius 1 is 1.19 bits per heavy atom. The van der Waals surface area contributed by atoms with Gasteiger partial charge in [0.2, 0.25) is 5.76 Å². The summed E-state index contributed by atoms with van der Waals surface area (Å²) in [5.74, 6) is -0.503. The third-order valence-electron chi connectivity index (χ3n) is 2.84. The summed E-state index contributed by atoms with van der Waals surface area (Å²) in [5, 5.41) is 2.68. The number of amides is 1. The molecule has 0 bridgehead atoms. The Labute approximate surface area is 122 Å². The molecule has 6 nitrogen and oxygen atoms in total. The topological polar surface area (TPSA) is 81.7 Å². The van der Waals surface area contributed by atoms with Gasteiger partial charge in [-0.15, -0.1) is 0 Å². The smallest absolute Gasteiger partial charge is 0.375 e. The highest BCUT2D eigenvalue weighted by Crippen LogP contribution is 2.12. The molecule has 1 atom stereocenters. The van der Waals surface area contributed by atoms with E-state index in [1.165, 1.54) is 18.6 Å². The Morgan fingerprint density at radius 3 is 2.48 bits per heavy atom. The zero-order valence-corrected chi connectivity index (χ0v) is 11.9. The van der Waals surface area contributed by atoms with Crippen LogP contribution in [-0.4, -0.2) is 18.0 Å². The van der Waals surface area contributed by atoms with Crippen LogP contribution >= 0.6 is 0 Å². The number of carbonyl (C=O) groups excluding carboxylic acids is 2.